The Bertz CT molecular complexity index is 2520. The van der Waals surface area contributed by atoms with Crippen LogP contribution < -0.4 is 25.4 Å². The van der Waals surface area contributed by atoms with E-state index in [2.05, 4.69) is 22.5 Å². The van der Waals surface area contributed by atoms with Crippen molar-refractivity contribution in [2.75, 3.05) is 45.8 Å². The van der Waals surface area contributed by atoms with Crippen molar-refractivity contribution in [1.29, 1.82) is 0 Å². The molecule has 0 radical (unpaired) electrons. The van der Waals surface area contributed by atoms with E-state index in [0.717, 1.165) is 38.5 Å². The number of rotatable bonds is 23. The zero-order chi connectivity index (χ0) is 52.1. The summed E-state index contributed by atoms with van der Waals surface area (Å²) in [5, 5.41) is 10.4. The molecule has 2 aromatic heterocycles. The van der Waals surface area contributed by atoms with Gasteiger partial charge in [0.05, 0.1) is 38.1 Å². The molecular weight excluding hydrogens is 988 g/mol. The van der Waals surface area contributed by atoms with Crippen LogP contribution in [0, 0.1) is 23.2 Å². The third-order valence-corrected chi connectivity index (χ3v) is 16.7. The Morgan fingerprint density at radius 1 is 0.904 bits per heavy atom. The molecule has 2 unspecified atom stereocenters. The summed E-state index contributed by atoms with van der Waals surface area (Å²) in [6.45, 7) is 11.6. The number of carbonyl (C=O) groups is 5. The topological polar surface area (TPSA) is 251 Å². The van der Waals surface area contributed by atoms with Gasteiger partial charge in [-0.1, -0.05) is 26.8 Å². The minimum Gasteiger partial charge on any atom is -0.497 e. The van der Waals surface area contributed by atoms with Crippen molar-refractivity contribution in [1.82, 2.24) is 25.5 Å². The first-order valence-corrected chi connectivity index (χ1v) is 27.4. The molecule has 23 heteroatoms. The molecule has 5 atom stereocenters. The molecule has 3 heterocycles. The Balaban J connectivity index is 1.09. The van der Waals surface area contributed by atoms with E-state index in [0.29, 0.717) is 51.8 Å². The van der Waals surface area contributed by atoms with Crippen molar-refractivity contribution >= 4 is 65.2 Å². The summed E-state index contributed by atoms with van der Waals surface area (Å²) in [5.41, 5.74) is 0.746. The van der Waals surface area contributed by atoms with E-state index in [9.17, 15) is 14.4 Å². The number of nitrogens with zero attached hydrogens (tertiary/aromatic N) is 3. The van der Waals surface area contributed by atoms with E-state index in [1.54, 1.807) is 46.1 Å². The molecule has 1 saturated heterocycles. The summed E-state index contributed by atoms with van der Waals surface area (Å²) >= 11 is 1.43. The average molecular weight is 1060 g/mol. The zero-order valence-corrected chi connectivity index (χ0v) is 43.9. The largest absolute Gasteiger partial charge is 0.510 e. The van der Waals surface area contributed by atoms with Crippen LogP contribution >= 0.6 is 18.9 Å². The van der Waals surface area contributed by atoms with Crippen LogP contribution in [0.2, 0.25) is 0 Å². The molecule has 1 aliphatic heterocycles. The molecule has 8 rings (SSSR count). The average Bonchev–Trinajstić information content (AvgIpc) is 4.31. The van der Waals surface area contributed by atoms with Crippen LogP contribution in [0.4, 0.5) is 19.5 Å². The number of methoxy groups -OCH3 is 1. The Kier molecular flexibility index (Phi) is 16.8. The highest BCUT2D eigenvalue weighted by atomic mass is 32.1. The highest BCUT2D eigenvalue weighted by Crippen LogP contribution is 2.73. The van der Waals surface area contributed by atoms with Crippen LogP contribution in [0.3, 0.4) is 0 Å². The lowest BCUT2D eigenvalue weighted by atomic mass is 9.85. The van der Waals surface area contributed by atoms with Gasteiger partial charge < -0.3 is 54.0 Å². The van der Waals surface area contributed by atoms with E-state index >= 15 is 14.2 Å². The number of amides is 3. The second-order valence-corrected chi connectivity index (χ2v) is 23.9. The number of aromatic nitrogens is 2. The van der Waals surface area contributed by atoms with Gasteiger partial charge in [-0.05, 0) is 101 Å². The molecule has 3 amide bonds. The standard InChI is InChI=1S/C50H67N6O15PS/c1-8-32-22-50(32,72(62,68-27-66-47(60)64-24-30-13-14-30)69-28-67-48(61)65-25-31-15-16-31)55-43(57)40-20-35(23-56(40)44(58)42(49(4,5)6)54-46(59)71-33-11-9-10-12-33)70-41-21-38(39-26-73-45(53-39)51-29(2)3)52-37-19-34(63-7)17-18-36(37)41/h8,17-19,21,26,29-33,35,40,42H,1,9-16,20,22-25,27-28H2,2-7H3,(H,51,53)(H,54,59)(H,55,57)/t32?,35-,40?,42-,50+/m1/s1. The maximum atomic E-state index is 15.2. The van der Waals surface area contributed by atoms with Gasteiger partial charge in [-0.2, -0.15) is 0 Å². The third kappa shape index (κ3) is 13.5. The number of ether oxygens (including phenoxy) is 7. The minimum atomic E-state index is -4.71. The Morgan fingerprint density at radius 3 is 2.14 bits per heavy atom. The number of benzene rings is 1. The molecule has 21 nitrogen and oxygen atoms in total. The highest BCUT2D eigenvalue weighted by molar-refractivity contribution is 7.56. The molecule has 398 valence electrons. The summed E-state index contributed by atoms with van der Waals surface area (Å²) in [7, 11) is -3.16. The maximum Gasteiger partial charge on any atom is 0.510 e. The first-order valence-electron chi connectivity index (χ1n) is 24.9. The van der Waals surface area contributed by atoms with Crippen LogP contribution in [0.5, 0.6) is 11.5 Å². The van der Waals surface area contributed by atoms with Crippen LogP contribution in [0.25, 0.3) is 22.3 Å². The lowest BCUT2D eigenvalue weighted by Gasteiger charge is -2.36. The van der Waals surface area contributed by atoms with Gasteiger partial charge in [0.2, 0.25) is 25.4 Å². The SMILES string of the molecule is C=CC1C[C@]1(NC(=O)C1C[C@@H](Oc2cc(-c3csc(NC(C)C)n3)nc3cc(OC)ccc23)CN1C(=O)[C@@H](NC(=O)OC1CCCC1)C(C)(C)C)P(=O)(OCOC(=O)OCC1CC1)OCOC(=O)OCC1CC1. The molecule has 5 aliphatic rings. The second kappa shape index (κ2) is 22.8. The number of hydrogen-bond donors (Lipinski definition) is 3. The molecule has 4 aliphatic carbocycles. The molecule has 0 bridgehead atoms. The van der Waals surface area contributed by atoms with Gasteiger partial charge in [0, 0.05) is 41.3 Å². The van der Waals surface area contributed by atoms with Gasteiger partial charge in [0.15, 0.2) is 5.13 Å². The molecule has 5 fully saturated rings. The lowest BCUT2D eigenvalue weighted by molar-refractivity contribution is -0.142. The monoisotopic (exact) mass is 1050 g/mol. The van der Waals surface area contributed by atoms with Crippen molar-refractivity contribution in [3.05, 3.63) is 42.3 Å². The van der Waals surface area contributed by atoms with Crippen molar-refractivity contribution in [2.45, 2.75) is 134 Å². The van der Waals surface area contributed by atoms with Gasteiger partial charge in [0.25, 0.3) is 0 Å². The van der Waals surface area contributed by atoms with Crippen LogP contribution in [0.15, 0.2) is 42.3 Å². The number of hydrogen-bond acceptors (Lipinski definition) is 19. The Hall–Kier alpha value is -5.70. The number of anilines is 1. The molecule has 3 aromatic rings. The minimum absolute atomic E-state index is 0.0300. The number of thiazole rings is 1. The fraction of sp³-hybridized carbons (Fsp3) is 0.620. The summed E-state index contributed by atoms with van der Waals surface area (Å²) in [6, 6.07) is 4.76. The Labute approximate surface area is 428 Å². The number of carbonyl (C=O) groups excluding carboxylic acids is 5. The van der Waals surface area contributed by atoms with E-state index in [1.807, 2.05) is 25.3 Å². The first-order chi connectivity index (χ1) is 34.9. The normalized spacial score (nSPS) is 22.3. The fourth-order valence-corrected chi connectivity index (χ4v) is 11.8. The van der Waals surface area contributed by atoms with E-state index in [-0.39, 0.29) is 56.6 Å². The molecule has 73 heavy (non-hydrogen) atoms. The summed E-state index contributed by atoms with van der Waals surface area (Å²) in [4.78, 5) is 79.7. The van der Waals surface area contributed by atoms with Crippen LogP contribution in [-0.4, -0.2) is 121 Å². The van der Waals surface area contributed by atoms with Crippen LogP contribution in [0.1, 0.15) is 98.8 Å². The predicted molar refractivity (Wildman–Crippen MR) is 267 cm³/mol. The number of alkyl carbamates (subject to hydrolysis) is 1. The van der Waals surface area contributed by atoms with Crippen LogP contribution in [-0.2, 0) is 46.9 Å². The van der Waals surface area contributed by atoms with Gasteiger partial charge in [0.1, 0.15) is 46.8 Å². The quantitative estimate of drug-likeness (QED) is 0.0263. The Morgan fingerprint density at radius 2 is 1.56 bits per heavy atom. The number of fused-ring (bicyclic) bond motifs is 1. The number of nitrogens with one attached hydrogen (secondary N) is 3. The molecule has 3 N–H and O–H groups in total. The van der Waals surface area contributed by atoms with Crippen molar-refractivity contribution in [3.63, 3.8) is 0 Å². The van der Waals surface area contributed by atoms with E-state index < -0.39 is 86.2 Å². The van der Waals surface area contributed by atoms with Crippen molar-refractivity contribution < 1.29 is 70.7 Å². The molecule has 1 aromatic carbocycles. The molecule has 0 spiro atoms. The summed E-state index contributed by atoms with van der Waals surface area (Å²) < 4.78 is 65.3. The predicted octanol–water partition coefficient (Wildman–Crippen LogP) is 8.91. The lowest BCUT2D eigenvalue weighted by Crippen LogP contribution is -2.58. The van der Waals surface area contributed by atoms with Gasteiger partial charge in [-0.15, -0.1) is 17.9 Å². The highest BCUT2D eigenvalue weighted by Gasteiger charge is 2.69. The summed E-state index contributed by atoms with van der Waals surface area (Å²) in [5.74, 6) is -0.691. The van der Waals surface area contributed by atoms with E-state index in [4.69, 9.17) is 52.2 Å². The van der Waals surface area contributed by atoms with Gasteiger partial charge in [-0.25, -0.2) is 24.4 Å². The third-order valence-electron chi connectivity index (χ3n) is 13.4. The fourth-order valence-electron chi connectivity index (χ4n) is 8.87. The van der Waals surface area contributed by atoms with Crippen molar-refractivity contribution in [2.24, 2.45) is 23.2 Å². The summed E-state index contributed by atoms with van der Waals surface area (Å²) in [6.07, 6.45) is 4.26. The molecule has 4 saturated carbocycles. The smallest absolute Gasteiger partial charge is 0.497 e. The maximum absolute atomic E-state index is 15.2. The number of pyridine rings is 1. The molecular formula is C50H67N6O15PS. The first kappa shape index (κ1) is 53.6. The van der Waals surface area contributed by atoms with E-state index in [1.165, 1.54) is 22.3 Å². The van der Waals surface area contributed by atoms with Gasteiger partial charge in [-0.3, -0.25) is 23.2 Å². The van der Waals surface area contributed by atoms with Crippen molar-refractivity contribution in [3.8, 4) is 22.9 Å². The second-order valence-electron chi connectivity index (χ2n) is 20.7. The zero-order valence-electron chi connectivity index (χ0n) is 42.2. The number of likely N-dealkylation sites (tertiary alicyclic amines) is 1. The van der Waals surface area contributed by atoms with Gasteiger partial charge >= 0.3 is 26.0 Å².